The van der Waals surface area contributed by atoms with Crippen molar-refractivity contribution < 1.29 is 19.1 Å². The van der Waals surface area contributed by atoms with E-state index in [9.17, 15) is 9.59 Å². The Bertz CT molecular complexity index is 247. The summed E-state index contributed by atoms with van der Waals surface area (Å²) >= 11 is 0. The molecule has 0 aromatic heterocycles. The number of rotatable bonds is 3. The molecule has 0 aromatic rings. The largest absolute Gasteiger partial charge is 0.463 e. The van der Waals surface area contributed by atoms with E-state index < -0.39 is 11.6 Å². The molecule has 0 spiro atoms. The molecule has 1 heterocycles. The number of cyclic esters (lactones) is 1. The summed E-state index contributed by atoms with van der Waals surface area (Å²) < 4.78 is 9.87. The summed E-state index contributed by atoms with van der Waals surface area (Å²) in [6.07, 6.45) is 0.790. The van der Waals surface area contributed by atoms with E-state index in [2.05, 4.69) is 0 Å². The van der Waals surface area contributed by atoms with Crippen molar-refractivity contribution in [1.29, 1.82) is 0 Å². The van der Waals surface area contributed by atoms with Crippen LogP contribution < -0.4 is 0 Å². The van der Waals surface area contributed by atoms with Gasteiger partial charge in [-0.05, 0) is 12.8 Å². The van der Waals surface area contributed by atoms with Gasteiger partial charge < -0.3 is 9.47 Å². The Hall–Kier alpha value is -1.06. The quantitative estimate of drug-likeness (QED) is 0.644. The molecule has 0 bridgehead atoms. The molecule has 14 heavy (non-hydrogen) atoms. The molecule has 0 amide bonds. The average Bonchev–Trinajstić information content (AvgIpc) is 2.29. The highest BCUT2D eigenvalue weighted by Gasteiger charge is 2.43. The monoisotopic (exact) mass is 200 g/mol. The molecule has 80 valence electrons. The van der Waals surface area contributed by atoms with Crippen LogP contribution in [0.2, 0.25) is 0 Å². The van der Waals surface area contributed by atoms with Crippen LogP contribution >= 0.6 is 0 Å². The van der Waals surface area contributed by atoms with Crippen molar-refractivity contribution >= 4 is 11.9 Å². The highest BCUT2D eigenvalue weighted by Crippen LogP contribution is 2.24. The van der Waals surface area contributed by atoms with Gasteiger partial charge in [-0.3, -0.25) is 4.79 Å². The van der Waals surface area contributed by atoms with Crippen molar-refractivity contribution in [2.24, 2.45) is 5.92 Å². The zero-order valence-corrected chi connectivity index (χ0v) is 8.83. The third-order valence-corrected chi connectivity index (χ3v) is 2.16. The van der Waals surface area contributed by atoms with Crippen molar-refractivity contribution in [2.75, 3.05) is 6.61 Å². The van der Waals surface area contributed by atoms with Crippen LogP contribution in [0, 0.1) is 5.92 Å². The summed E-state index contributed by atoms with van der Waals surface area (Å²) in [6, 6.07) is 0. The smallest absolute Gasteiger partial charge is 0.350 e. The third kappa shape index (κ3) is 2.47. The molecule has 1 unspecified atom stereocenters. The maximum absolute atomic E-state index is 11.3. The van der Waals surface area contributed by atoms with Gasteiger partial charge in [-0.15, -0.1) is 0 Å². The van der Waals surface area contributed by atoms with Crippen molar-refractivity contribution in [3.05, 3.63) is 0 Å². The number of carbonyl (C=O) groups excluding carboxylic acids is 2. The van der Waals surface area contributed by atoms with E-state index in [0.29, 0.717) is 19.4 Å². The third-order valence-electron chi connectivity index (χ3n) is 2.16. The standard InChI is InChI=1S/C10H16O4/c1-7(2)6-8(11)14-10(3)4-5-13-9(10)12/h7H,4-6H2,1-3H3. The molecule has 0 radical (unpaired) electrons. The van der Waals surface area contributed by atoms with Crippen LogP contribution in [0.1, 0.15) is 33.6 Å². The Morgan fingerprint density at radius 1 is 1.64 bits per heavy atom. The Morgan fingerprint density at radius 2 is 2.29 bits per heavy atom. The van der Waals surface area contributed by atoms with E-state index in [1.807, 2.05) is 13.8 Å². The van der Waals surface area contributed by atoms with Crippen molar-refractivity contribution in [1.82, 2.24) is 0 Å². The second-order valence-electron chi connectivity index (χ2n) is 4.19. The highest BCUT2D eigenvalue weighted by atomic mass is 16.6. The average molecular weight is 200 g/mol. The van der Waals surface area contributed by atoms with Gasteiger partial charge in [0.15, 0.2) is 0 Å². The maximum Gasteiger partial charge on any atom is 0.350 e. The van der Waals surface area contributed by atoms with Crippen LogP contribution in [0.15, 0.2) is 0 Å². The molecule has 0 saturated carbocycles. The normalized spacial score (nSPS) is 26.4. The zero-order valence-electron chi connectivity index (χ0n) is 8.83. The highest BCUT2D eigenvalue weighted by molar-refractivity contribution is 5.84. The lowest BCUT2D eigenvalue weighted by molar-refractivity contribution is -0.171. The Balaban J connectivity index is 2.50. The predicted octanol–water partition coefficient (Wildman–Crippen LogP) is 1.28. The summed E-state index contributed by atoms with van der Waals surface area (Å²) in [7, 11) is 0. The molecule has 4 heteroatoms. The topological polar surface area (TPSA) is 52.6 Å². The first-order chi connectivity index (χ1) is 6.44. The van der Waals surface area contributed by atoms with Gasteiger partial charge >= 0.3 is 11.9 Å². The Morgan fingerprint density at radius 3 is 2.71 bits per heavy atom. The van der Waals surface area contributed by atoms with Crippen molar-refractivity contribution in [3.63, 3.8) is 0 Å². The van der Waals surface area contributed by atoms with E-state index in [4.69, 9.17) is 9.47 Å². The summed E-state index contributed by atoms with van der Waals surface area (Å²) in [4.78, 5) is 22.5. The fraction of sp³-hybridized carbons (Fsp3) is 0.800. The molecule has 1 aliphatic heterocycles. The van der Waals surface area contributed by atoms with Gasteiger partial charge in [0.05, 0.1) is 6.61 Å². The number of esters is 2. The molecule has 1 saturated heterocycles. The van der Waals surface area contributed by atoms with E-state index in [1.165, 1.54) is 0 Å². The van der Waals surface area contributed by atoms with Crippen LogP contribution in [-0.2, 0) is 19.1 Å². The maximum atomic E-state index is 11.3. The van der Waals surface area contributed by atoms with Gasteiger partial charge in [0, 0.05) is 12.8 Å². The molecule has 1 rings (SSSR count). The van der Waals surface area contributed by atoms with Crippen LogP contribution in [0.4, 0.5) is 0 Å². The van der Waals surface area contributed by atoms with Gasteiger partial charge in [-0.25, -0.2) is 4.79 Å². The molecule has 0 aromatic carbocycles. The molecule has 0 N–H and O–H groups in total. The molecule has 0 aliphatic carbocycles. The first-order valence-corrected chi connectivity index (χ1v) is 4.83. The Kier molecular flexibility index (Phi) is 3.13. The minimum atomic E-state index is -1.05. The van der Waals surface area contributed by atoms with Crippen LogP contribution in [-0.4, -0.2) is 24.1 Å². The molecular weight excluding hydrogens is 184 g/mol. The summed E-state index contributed by atoms with van der Waals surface area (Å²) in [5, 5.41) is 0. The minimum absolute atomic E-state index is 0.239. The lowest BCUT2D eigenvalue weighted by Gasteiger charge is -2.20. The number of ether oxygens (including phenoxy) is 2. The summed E-state index contributed by atoms with van der Waals surface area (Å²) in [5.41, 5.74) is -1.05. The van der Waals surface area contributed by atoms with E-state index in [-0.39, 0.29) is 11.9 Å². The van der Waals surface area contributed by atoms with Gasteiger partial charge in [0.25, 0.3) is 0 Å². The lowest BCUT2D eigenvalue weighted by atomic mass is 10.1. The number of hydrogen-bond donors (Lipinski definition) is 0. The molecule has 1 fully saturated rings. The van der Waals surface area contributed by atoms with E-state index in [0.717, 1.165) is 0 Å². The Labute approximate surface area is 83.6 Å². The fourth-order valence-electron chi connectivity index (χ4n) is 1.31. The first kappa shape index (κ1) is 11.0. The summed E-state index contributed by atoms with van der Waals surface area (Å²) in [6.45, 7) is 5.79. The molecule has 4 nitrogen and oxygen atoms in total. The number of hydrogen-bond acceptors (Lipinski definition) is 4. The van der Waals surface area contributed by atoms with Gasteiger partial charge in [0.1, 0.15) is 0 Å². The minimum Gasteiger partial charge on any atom is -0.463 e. The zero-order chi connectivity index (χ0) is 10.8. The summed E-state index contributed by atoms with van der Waals surface area (Å²) in [5.74, 6) is -0.528. The molecular formula is C10H16O4. The van der Waals surface area contributed by atoms with Crippen molar-refractivity contribution in [2.45, 2.75) is 39.2 Å². The predicted molar refractivity (Wildman–Crippen MR) is 49.5 cm³/mol. The lowest BCUT2D eigenvalue weighted by Crippen LogP contribution is -2.36. The van der Waals surface area contributed by atoms with Gasteiger partial charge in [0.2, 0.25) is 5.60 Å². The van der Waals surface area contributed by atoms with Gasteiger partial charge in [-0.2, -0.15) is 0 Å². The molecule has 1 atom stereocenters. The fourth-order valence-corrected chi connectivity index (χ4v) is 1.31. The second-order valence-corrected chi connectivity index (χ2v) is 4.19. The van der Waals surface area contributed by atoms with Crippen LogP contribution in [0.25, 0.3) is 0 Å². The van der Waals surface area contributed by atoms with E-state index >= 15 is 0 Å². The van der Waals surface area contributed by atoms with Crippen LogP contribution in [0.3, 0.4) is 0 Å². The second kappa shape index (κ2) is 3.98. The molecule has 1 aliphatic rings. The first-order valence-electron chi connectivity index (χ1n) is 4.83. The number of carbonyl (C=O) groups is 2. The van der Waals surface area contributed by atoms with Gasteiger partial charge in [-0.1, -0.05) is 13.8 Å². The SMILES string of the molecule is CC(C)CC(=O)OC1(C)CCOC1=O. The van der Waals surface area contributed by atoms with Crippen molar-refractivity contribution in [3.8, 4) is 0 Å². The van der Waals surface area contributed by atoms with E-state index in [1.54, 1.807) is 6.92 Å². The van der Waals surface area contributed by atoms with Crippen LogP contribution in [0.5, 0.6) is 0 Å².